The van der Waals surface area contributed by atoms with E-state index >= 15 is 0 Å². The summed E-state index contributed by atoms with van der Waals surface area (Å²) < 4.78 is 5.79. The Kier molecular flexibility index (Phi) is 7.64. The van der Waals surface area contributed by atoms with Crippen LogP contribution in [0, 0.1) is 0 Å². The maximum absolute atomic E-state index is 6.18. The molecule has 0 unspecified atom stereocenters. The van der Waals surface area contributed by atoms with Gasteiger partial charge in [0.25, 0.3) is 0 Å². The van der Waals surface area contributed by atoms with Crippen molar-refractivity contribution in [2.45, 2.75) is 19.8 Å². The molecule has 6 heteroatoms. The summed E-state index contributed by atoms with van der Waals surface area (Å²) in [5.41, 5.74) is 2.20. The Labute approximate surface area is 167 Å². The van der Waals surface area contributed by atoms with E-state index in [0.29, 0.717) is 16.7 Å². The fraction of sp³-hybridized carbons (Fsp3) is 0.600. The number of hydrogen-bond donors (Lipinski definition) is 1. The van der Waals surface area contributed by atoms with E-state index in [1.165, 1.54) is 57.7 Å². The average molecular weight is 398 g/mol. The van der Waals surface area contributed by atoms with Gasteiger partial charge in [-0.1, -0.05) is 30.1 Å². The minimum Gasteiger partial charge on any atom is -0.487 e. The first-order valence-electron chi connectivity index (χ1n) is 9.62. The number of benzene rings is 1. The number of likely N-dealkylation sites (N-methyl/N-ethyl adjacent to an activating group) is 1. The third-order valence-electron chi connectivity index (χ3n) is 5.14. The predicted molar refractivity (Wildman–Crippen MR) is 111 cm³/mol. The summed E-state index contributed by atoms with van der Waals surface area (Å²) in [6.07, 6.45) is 4.59. The molecule has 3 rings (SSSR count). The van der Waals surface area contributed by atoms with Crippen LogP contribution in [0.4, 0.5) is 0 Å². The Bertz CT molecular complexity index is 628. The number of rotatable bonds is 8. The number of fused-ring (bicyclic) bond motifs is 1. The van der Waals surface area contributed by atoms with Crippen LogP contribution < -0.4 is 10.1 Å². The second-order valence-corrected chi connectivity index (χ2v) is 7.90. The van der Waals surface area contributed by atoms with E-state index in [1.807, 2.05) is 6.07 Å². The van der Waals surface area contributed by atoms with Crippen LogP contribution in [0.2, 0.25) is 10.0 Å². The second-order valence-electron chi connectivity index (χ2n) is 7.06. The van der Waals surface area contributed by atoms with Gasteiger partial charge in [-0.05, 0) is 56.3 Å². The predicted octanol–water partition coefficient (Wildman–Crippen LogP) is 3.78. The quantitative estimate of drug-likeness (QED) is 0.675. The molecule has 0 amide bonds. The summed E-state index contributed by atoms with van der Waals surface area (Å²) >= 11 is 12.3. The number of nitrogens with zero attached hydrogens (tertiary/aromatic N) is 2. The van der Waals surface area contributed by atoms with Gasteiger partial charge in [0, 0.05) is 43.3 Å². The molecule has 0 atom stereocenters. The lowest BCUT2D eigenvalue weighted by molar-refractivity contribution is 0.135. The molecule has 144 valence electrons. The standard InChI is InChI=1S/C20H29Cl2N3O/c1-2-24-7-9-25(10-8-24)6-4-3-5-23-14-16-11-17-12-18(21)13-19(22)20(17)26-15-16/h11-13,23H,2-10,14-15H2,1H3. The summed E-state index contributed by atoms with van der Waals surface area (Å²) in [6, 6.07) is 3.63. The molecule has 0 saturated carbocycles. The normalized spacial score (nSPS) is 18.3. The van der Waals surface area contributed by atoms with Gasteiger partial charge in [0.2, 0.25) is 0 Å². The van der Waals surface area contributed by atoms with E-state index in [2.05, 4.69) is 28.1 Å². The van der Waals surface area contributed by atoms with Gasteiger partial charge in [0.15, 0.2) is 0 Å². The molecule has 0 spiro atoms. The van der Waals surface area contributed by atoms with Crippen molar-refractivity contribution in [3.05, 3.63) is 33.3 Å². The van der Waals surface area contributed by atoms with Crippen molar-refractivity contribution in [1.29, 1.82) is 0 Å². The second kappa shape index (κ2) is 9.95. The Hall–Kier alpha value is -0.780. The van der Waals surface area contributed by atoms with Gasteiger partial charge in [0.1, 0.15) is 12.4 Å². The number of hydrogen-bond acceptors (Lipinski definition) is 4. The first-order valence-corrected chi connectivity index (χ1v) is 10.4. The zero-order valence-corrected chi connectivity index (χ0v) is 17.1. The van der Waals surface area contributed by atoms with Crippen molar-refractivity contribution in [3.63, 3.8) is 0 Å². The zero-order chi connectivity index (χ0) is 18.4. The topological polar surface area (TPSA) is 27.7 Å². The molecule has 1 aromatic rings. The summed E-state index contributed by atoms with van der Waals surface area (Å²) in [5, 5.41) is 4.75. The molecule has 0 radical (unpaired) electrons. The summed E-state index contributed by atoms with van der Waals surface area (Å²) in [5.74, 6) is 0.739. The molecule has 2 aliphatic heterocycles. The van der Waals surface area contributed by atoms with Gasteiger partial charge < -0.3 is 19.9 Å². The van der Waals surface area contributed by atoms with Gasteiger partial charge >= 0.3 is 0 Å². The van der Waals surface area contributed by atoms with Crippen LogP contribution in [0.25, 0.3) is 6.08 Å². The number of nitrogens with one attached hydrogen (secondary N) is 1. The van der Waals surface area contributed by atoms with Crippen LogP contribution in [0.15, 0.2) is 17.7 Å². The highest BCUT2D eigenvalue weighted by molar-refractivity contribution is 6.36. The molecule has 0 aromatic heterocycles. The highest BCUT2D eigenvalue weighted by Gasteiger charge is 2.16. The van der Waals surface area contributed by atoms with Gasteiger partial charge in [-0.2, -0.15) is 0 Å². The fourth-order valence-corrected chi connectivity index (χ4v) is 4.10. The molecule has 2 aliphatic rings. The highest BCUT2D eigenvalue weighted by Crippen LogP contribution is 2.36. The summed E-state index contributed by atoms with van der Waals surface area (Å²) in [6.45, 7) is 12.0. The monoisotopic (exact) mass is 397 g/mol. The minimum atomic E-state index is 0.579. The Morgan fingerprint density at radius 3 is 2.62 bits per heavy atom. The molecule has 1 fully saturated rings. The lowest BCUT2D eigenvalue weighted by Crippen LogP contribution is -2.46. The van der Waals surface area contributed by atoms with Crippen LogP contribution >= 0.6 is 23.2 Å². The largest absolute Gasteiger partial charge is 0.487 e. The molecule has 1 N–H and O–H groups in total. The van der Waals surface area contributed by atoms with Gasteiger partial charge in [0.05, 0.1) is 5.02 Å². The molecule has 1 aromatic carbocycles. The molecule has 1 saturated heterocycles. The smallest absolute Gasteiger partial charge is 0.145 e. The van der Waals surface area contributed by atoms with Crippen LogP contribution in [-0.2, 0) is 0 Å². The van der Waals surface area contributed by atoms with Gasteiger partial charge in [-0.15, -0.1) is 0 Å². The number of ether oxygens (including phenoxy) is 1. The van der Waals surface area contributed by atoms with Crippen LogP contribution in [0.1, 0.15) is 25.3 Å². The lowest BCUT2D eigenvalue weighted by Gasteiger charge is -2.34. The maximum Gasteiger partial charge on any atom is 0.145 e. The number of halogens is 2. The van der Waals surface area contributed by atoms with Crippen molar-refractivity contribution in [3.8, 4) is 5.75 Å². The molecule has 26 heavy (non-hydrogen) atoms. The summed E-state index contributed by atoms with van der Waals surface area (Å²) in [7, 11) is 0. The highest BCUT2D eigenvalue weighted by atomic mass is 35.5. The van der Waals surface area contributed by atoms with Crippen LogP contribution in [-0.4, -0.2) is 68.8 Å². The maximum atomic E-state index is 6.18. The van der Waals surface area contributed by atoms with Crippen molar-refractivity contribution in [1.82, 2.24) is 15.1 Å². The Balaban J connectivity index is 1.32. The zero-order valence-electron chi connectivity index (χ0n) is 15.6. The van der Waals surface area contributed by atoms with E-state index in [-0.39, 0.29) is 0 Å². The number of unbranched alkanes of at least 4 members (excludes halogenated alkanes) is 1. The first-order chi connectivity index (χ1) is 12.7. The third kappa shape index (κ3) is 5.61. The van der Waals surface area contributed by atoms with Crippen molar-refractivity contribution < 1.29 is 4.74 Å². The van der Waals surface area contributed by atoms with Gasteiger partial charge in [-0.25, -0.2) is 0 Å². The fourth-order valence-electron chi connectivity index (χ4n) is 3.53. The minimum absolute atomic E-state index is 0.579. The van der Waals surface area contributed by atoms with Crippen molar-refractivity contribution in [2.75, 3.05) is 59.0 Å². The van der Waals surface area contributed by atoms with Gasteiger partial charge in [-0.3, -0.25) is 0 Å². The molecular formula is C20H29Cl2N3O. The van der Waals surface area contributed by atoms with E-state index in [0.717, 1.165) is 24.4 Å². The molecule has 0 aliphatic carbocycles. The SMILES string of the molecule is CCN1CCN(CCCCNCC2=Cc3cc(Cl)cc(Cl)c3OC2)CC1. The van der Waals surface area contributed by atoms with E-state index in [1.54, 1.807) is 6.07 Å². The molecule has 0 bridgehead atoms. The van der Waals surface area contributed by atoms with Crippen molar-refractivity contribution >= 4 is 29.3 Å². The molecule has 2 heterocycles. The Morgan fingerprint density at radius 1 is 1.08 bits per heavy atom. The number of piperazine rings is 1. The first kappa shape index (κ1) is 20.0. The van der Waals surface area contributed by atoms with E-state index in [4.69, 9.17) is 27.9 Å². The van der Waals surface area contributed by atoms with Crippen LogP contribution in [0.3, 0.4) is 0 Å². The Morgan fingerprint density at radius 2 is 1.85 bits per heavy atom. The van der Waals surface area contributed by atoms with E-state index < -0.39 is 0 Å². The molecular weight excluding hydrogens is 369 g/mol. The summed E-state index contributed by atoms with van der Waals surface area (Å²) in [4.78, 5) is 5.12. The van der Waals surface area contributed by atoms with E-state index in [9.17, 15) is 0 Å². The third-order valence-corrected chi connectivity index (χ3v) is 5.64. The average Bonchev–Trinajstić information content (AvgIpc) is 2.64. The molecule has 4 nitrogen and oxygen atoms in total. The van der Waals surface area contributed by atoms with Crippen molar-refractivity contribution in [2.24, 2.45) is 0 Å². The van der Waals surface area contributed by atoms with Crippen LogP contribution in [0.5, 0.6) is 5.75 Å². The lowest BCUT2D eigenvalue weighted by atomic mass is 10.1.